The molecule has 0 heterocycles. The van der Waals surface area contributed by atoms with Crippen LogP contribution in [0.25, 0.3) is 0 Å². The van der Waals surface area contributed by atoms with E-state index in [1.54, 1.807) is 0 Å². The van der Waals surface area contributed by atoms with Crippen LogP contribution in [0.3, 0.4) is 0 Å². The number of nitrogens with one attached hydrogen (secondary N) is 1. The Morgan fingerprint density at radius 2 is 2.19 bits per heavy atom. The van der Waals surface area contributed by atoms with Gasteiger partial charge in [0.25, 0.3) is 0 Å². The van der Waals surface area contributed by atoms with E-state index >= 15 is 0 Å². The van der Waals surface area contributed by atoms with Crippen molar-refractivity contribution in [3.8, 4) is 0 Å². The van der Waals surface area contributed by atoms with Gasteiger partial charge in [0.15, 0.2) is 6.04 Å². The molecule has 114 valence electrons. The average Bonchev–Trinajstić information content (AvgIpc) is 2.47. The summed E-state index contributed by atoms with van der Waals surface area (Å²) >= 11 is 0. The minimum Gasteiger partial charge on any atom is -0.480 e. The molecule has 0 bridgehead atoms. The van der Waals surface area contributed by atoms with Gasteiger partial charge in [0, 0.05) is 13.5 Å². The topological polar surface area (TPSA) is 75.6 Å². The molecule has 2 N–H and O–H groups in total. The molecule has 0 aliphatic heterocycles. The van der Waals surface area contributed by atoms with Gasteiger partial charge in [-0.1, -0.05) is 24.3 Å². The van der Waals surface area contributed by atoms with Crippen LogP contribution in [0.5, 0.6) is 0 Å². The number of aliphatic carboxylic acids is 1. The fourth-order valence-electron chi connectivity index (χ4n) is 2.88. The Morgan fingerprint density at radius 3 is 2.90 bits per heavy atom. The molecule has 5 heteroatoms. The lowest BCUT2D eigenvalue weighted by atomic mass is 9.81. The van der Waals surface area contributed by atoms with Crippen molar-refractivity contribution in [3.05, 3.63) is 35.4 Å². The molecule has 1 amide bonds. The Morgan fingerprint density at radius 1 is 1.43 bits per heavy atom. The van der Waals surface area contributed by atoms with Gasteiger partial charge in [-0.3, -0.25) is 4.79 Å². The summed E-state index contributed by atoms with van der Waals surface area (Å²) in [6, 6.07) is 7.18. The average molecular weight is 291 g/mol. The van der Waals surface area contributed by atoms with Gasteiger partial charge in [0.2, 0.25) is 5.91 Å². The van der Waals surface area contributed by atoms with Crippen LogP contribution in [-0.2, 0) is 20.7 Å². The molecule has 1 aliphatic carbocycles. The van der Waals surface area contributed by atoms with Crippen LogP contribution >= 0.6 is 0 Å². The Hall–Kier alpha value is -1.88. The van der Waals surface area contributed by atoms with Gasteiger partial charge >= 0.3 is 5.97 Å². The second-order valence-electron chi connectivity index (χ2n) is 5.41. The zero-order valence-corrected chi connectivity index (χ0v) is 12.2. The van der Waals surface area contributed by atoms with Gasteiger partial charge in [0.1, 0.15) is 0 Å². The number of hydrogen-bond donors (Lipinski definition) is 2. The summed E-state index contributed by atoms with van der Waals surface area (Å²) in [6.07, 6.45) is 3.40. The van der Waals surface area contributed by atoms with Crippen LogP contribution in [-0.4, -0.2) is 36.7 Å². The van der Waals surface area contributed by atoms with Crippen LogP contribution in [0.15, 0.2) is 24.3 Å². The third-order valence-electron chi connectivity index (χ3n) is 3.89. The van der Waals surface area contributed by atoms with E-state index in [1.165, 1.54) is 18.2 Å². The first kappa shape index (κ1) is 15.5. The van der Waals surface area contributed by atoms with Crippen LogP contribution < -0.4 is 5.32 Å². The molecule has 1 aromatic rings. The van der Waals surface area contributed by atoms with E-state index in [-0.39, 0.29) is 18.4 Å². The maximum absolute atomic E-state index is 12.1. The summed E-state index contributed by atoms with van der Waals surface area (Å²) in [4.78, 5) is 23.1. The minimum absolute atomic E-state index is 0.0255. The predicted molar refractivity (Wildman–Crippen MR) is 78.2 cm³/mol. The van der Waals surface area contributed by atoms with Crippen LogP contribution in [0.2, 0.25) is 0 Å². The lowest BCUT2D eigenvalue weighted by Crippen LogP contribution is -2.44. The molecule has 5 nitrogen and oxygen atoms in total. The lowest BCUT2D eigenvalue weighted by molar-refractivity contribution is -0.143. The fraction of sp³-hybridized carbons (Fsp3) is 0.500. The number of rotatable bonds is 6. The van der Waals surface area contributed by atoms with Crippen molar-refractivity contribution in [3.63, 3.8) is 0 Å². The number of ether oxygens (including phenoxy) is 1. The van der Waals surface area contributed by atoms with E-state index in [4.69, 9.17) is 9.84 Å². The van der Waals surface area contributed by atoms with Crippen molar-refractivity contribution < 1.29 is 19.4 Å². The molecular formula is C16H21NO4. The first-order valence-corrected chi connectivity index (χ1v) is 7.20. The van der Waals surface area contributed by atoms with Gasteiger partial charge in [-0.25, -0.2) is 4.79 Å². The first-order chi connectivity index (χ1) is 10.1. The number of aryl methyl sites for hydroxylation is 1. The highest BCUT2D eigenvalue weighted by atomic mass is 16.5. The maximum Gasteiger partial charge on any atom is 0.328 e. The van der Waals surface area contributed by atoms with Crippen molar-refractivity contribution in [1.82, 2.24) is 5.32 Å². The fourth-order valence-corrected chi connectivity index (χ4v) is 2.88. The highest BCUT2D eigenvalue weighted by molar-refractivity contribution is 5.84. The summed E-state index contributed by atoms with van der Waals surface area (Å²) in [5.41, 5.74) is 2.52. The quantitative estimate of drug-likeness (QED) is 0.836. The smallest absolute Gasteiger partial charge is 0.328 e. The predicted octanol–water partition coefficient (Wildman–Crippen LogP) is 1.71. The zero-order valence-electron chi connectivity index (χ0n) is 12.2. The molecule has 1 aliphatic rings. The zero-order chi connectivity index (χ0) is 15.2. The number of benzene rings is 1. The van der Waals surface area contributed by atoms with Crippen molar-refractivity contribution in [2.45, 2.75) is 37.6 Å². The SMILES string of the molecule is COCC(NC(=O)CC1CCCc2ccccc21)C(=O)O. The highest BCUT2D eigenvalue weighted by Crippen LogP contribution is 2.33. The van der Waals surface area contributed by atoms with Crippen LogP contribution in [0, 0.1) is 0 Å². The van der Waals surface area contributed by atoms with Gasteiger partial charge in [-0.15, -0.1) is 0 Å². The first-order valence-electron chi connectivity index (χ1n) is 7.20. The number of carboxylic acids is 1. The monoisotopic (exact) mass is 291 g/mol. The second-order valence-corrected chi connectivity index (χ2v) is 5.41. The second kappa shape index (κ2) is 7.22. The Labute approximate surface area is 124 Å². The van der Waals surface area contributed by atoms with Crippen molar-refractivity contribution in [1.29, 1.82) is 0 Å². The Bertz CT molecular complexity index is 515. The number of carbonyl (C=O) groups excluding carboxylic acids is 1. The van der Waals surface area contributed by atoms with Crippen molar-refractivity contribution >= 4 is 11.9 Å². The summed E-state index contributed by atoms with van der Waals surface area (Å²) in [7, 11) is 1.42. The number of carboxylic acid groups (broad SMARTS) is 1. The molecule has 2 rings (SSSR count). The Kier molecular flexibility index (Phi) is 5.33. The van der Waals surface area contributed by atoms with E-state index in [1.807, 2.05) is 12.1 Å². The number of carbonyl (C=O) groups is 2. The van der Waals surface area contributed by atoms with Crippen molar-refractivity contribution in [2.24, 2.45) is 0 Å². The molecule has 0 saturated heterocycles. The third-order valence-corrected chi connectivity index (χ3v) is 3.89. The molecule has 0 radical (unpaired) electrons. The molecule has 0 spiro atoms. The van der Waals surface area contributed by atoms with Gasteiger partial charge in [0.05, 0.1) is 6.61 Å². The van der Waals surface area contributed by atoms with E-state index in [2.05, 4.69) is 17.4 Å². The number of hydrogen-bond acceptors (Lipinski definition) is 3. The number of methoxy groups -OCH3 is 1. The van der Waals surface area contributed by atoms with Crippen LogP contribution in [0.4, 0.5) is 0 Å². The van der Waals surface area contributed by atoms with Crippen molar-refractivity contribution in [2.75, 3.05) is 13.7 Å². The van der Waals surface area contributed by atoms with E-state index in [9.17, 15) is 9.59 Å². The van der Waals surface area contributed by atoms with Crippen LogP contribution in [0.1, 0.15) is 36.3 Å². The molecule has 2 unspecified atom stereocenters. The van der Waals surface area contributed by atoms with E-state index in [0.29, 0.717) is 6.42 Å². The Balaban J connectivity index is 1.99. The van der Waals surface area contributed by atoms with E-state index < -0.39 is 12.0 Å². The molecule has 0 fully saturated rings. The minimum atomic E-state index is -1.07. The largest absolute Gasteiger partial charge is 0.480 e. The molecular weight excluding hydrogens is 270 g/mol. The standard InChI is InChI=1S/C16H21NO4/c1-21-10-14(16(19)20)17-15(18)9-12-7-4-6-11-5-2-3-8-13(11)12/h2-3,5,8,12,14H,4,6-7,9-10H2,1H3,(H,17,18)(H,19,20). The third kappa shape index (κ3) is 4.04. The molecule has 21 heavy (non-hydrogen) atoms. The van der Waals surface area contributed by atoms with E-state index in [0.717, 1.165) is 19.3 Å². The lowest BCUT2D eigenvalue weighted by Gasteiger charge is -2.25. The molecule has 2 atom stereocenters. The molecule has 1 aromatic carbocycles. The summed E-state index contributed by atoms with van der Waals surface area (Å²) in [6.45, 7) is -0.0255. The van der Waals surface area contributed by atoms with Gasteiger partial charge < -0.3 is 15.2 Å². The molecule has 0 aromatic heterocycles. The molecule has 0 saturated carbocycles. The number of fused-ring (bicyclic) bond motifs is 1. The van der Waals surface area contributed by atoms with Gasteiger partial charge in [-0.2, -0.15) is 0 Å². The summed E-state index contributed by atoms with van der Waals surface area (Å²) in [5.74, 6) is -1.14. The number of amides is 1. The highest BCUT2D eigenvalue weighted by Gasteiger charge is 2.25. The summed E-state index contributed by atoms with van der Waals surface area (Å²) < 4.78 is 4.82. The normalized spacial score (nSPS) is 18.6. The summed E-state index contributed by atoms with van der Waals surface area (Å²) in [5, 5.41) is 11.6. The maximum atomic E-state index is 12.1. The van der Waals surface area contributed by atoms with Gasteiger partial charge in [-0.05, 0) is 36.3 Å².